The fourth-order valence-electron chi connectivity index (χ4n) is 4.63. The lowest BCUT2D eigenvalue weighted by molar-refractivity contribution is -0.140. The van der Waals surface area contributed by atoms with Gasteiger partial charge in [0, 0.05) is 35.1 Å². The molecular weight excluding hydrogens is 593 g/mol. The highest BCUT2D eigenvalue weighted by Crippen LogP contribution is 2.31. The Balaban J connectivity index is 2.13. The van der Waals surface area contributed by atoms with Crippen molar-refractivity contribution in [3.05, 3.63) is 99.5 Å². The van der Waals surface area contributed by atoms with E-state index in [4.69, 9.17) is 23.2 Å². The number of nitrogens with zero attached hydrogens (tertiary/aromatic N) is 2. The van der Waals surface area contributed by atoms with Crippen LogP contribution in [0.2, 0.25) is 10.0 Å². The molecule has 0 aromatic heterocycles. The average molecular weight is 633 g/mol. The molecule has 10 heteroatoms. The van der Waals surface area contributed by atoms with Crippen LogP contribution in [0.25, 0.3) is 0 Å². The standard InChI is InChI=1S/C32H39Cl2N3O4S/c1-22(2)19-35-32(39)30(18-24-12-7-6-8-13-24)36(20-26-27(33)15-11-16-28(26)34)31(38)21-37(42(5,40)41)29-17-10-9-14-25(29)23(3)4/h6-17,22-23,30H,18-21H2,1-5H3,(H,35,39). The number of nitrogens with one attached hydrogen (secondary N) is 1. The molecule has 0 spiro atoms. The molecule has 1 N–H and O–H groups in total. The molecule has 2 amide bonds. The summed E-state index contributed by atoms with van der Waals surface area (Å²) >= 11 is 13.1. The maximum absolute atomic E-state index is 14.3. The maximum atomic E-state index is 14.3. The van der Waals surface area contributed by atoms with Gasteiger partial charge < -0.3 is 10.2 Å². The van der Waals surface area contributed by atoms with Crippen molar-refractivity contribution in [3.63, 3.8) is 0 Å². The number of hydrogen-bond acceptors (Lipinski definition) is 4. The van der Waals surface area contributed by atoms with Crippen molar-refractivity contribution < 1.29 is 18.0 Å². The second-order valence-corrected chi connectivity index (χ2v) is 13.8. The van der Waals surface area contributed by atoms with Gasteiger partial charge in [0.05, 0.1) is 11.9 Å². The van der Waals surface area contributed by atoms with Gasteiger partial charge in [-0.25, -0.2) is 8.42 Å². The van der Waals surface area contributed by atoms with E-state index in [0.717, 1.165) is 21.7 Å². The molecule has 0 fully saturated rings. The van der Waals surface area contributed by atoms with Crippen LogP contribution in [0, 0.1) is 5.92 Å². The summed E-state index contributed by atoms with van der Waals surface area (Å²) in [4.78, 5) is 29.5. The molecule has 0 aliphatic carbocycles. The van der Waals surface area contributed by atoms with Gasteiger partial charge in [-0.3, -0.25) is 13.9 Å². The van der Waals surface area contributed by atoms with E-state index >= 15 is 0 Å². The zero-order chi connectivity index (χ0) is 31.0. The predicted molar refractivity (Wildman–Crippen MR) is 172 cm³/mol. The van der Waals surface area contributed by atoms with E-state index in [9.17, 15) is 18.0 Å². The summed E-state index contributed by atoms with van der Waals surface area (Å²) in [6, 6.07) is 20.6. The molecule has 0 saturated carbocycles. The Kier molecular flexibility index (Phi) is 11.9. The highest BCUT2D eigenvalue weighted by molar-refractivity contribution is 7.92. The summed E-state index contributed by atoms with van der Waals surface area (Å²) in [7, 11) is -3.88. The van der Waals surface area contributed by atoms with Gasteiger partial charge in [-0.2, -0.15) is 0 Å². The Labute approximate surface area is 259 Å². The van der Waals surface area contributed by atoms with Gasteiger partial charge in [-0.15, -0.1) is 0 Å². The van der Waals surface area contributed by atoms with Crippen LogP contribution in [0.15, 0.2) is 72.8 Å². The second-order valence-electron chi connectivity index (χ2n) is 11.0. The molecule has 3 rings (SSSR count). The molecule has 0 heterocycles. The lowest BCUT2D eigenvalue weighted by atomic mass is 10.0. The smallest absolute Gasteiger partial charge is 0.244 e. The molecule has 42 heavy (non-hydrogen) atoms. The number of anilines is 1. The molecule has 1 unspecified atom stereocenters. The van der Waals surface area contributed by atoms with E-state index in [2.05, 4.69) is 5.32 Å². The molecule has 0 aliphatic rings. The van der Waals surface area contributed by atoms with Crippen molar-refractivity contribution >= 4 is 50.7 Å². The summed E-state index contributed by atoms with van der Waals surface area (Å²) in [5.41, 5.74) is 2.52. The molecule has 0 radical (unpaired) electrons. The first-order valence-electron chi connectivity index (χ1n) is 13.9. The van der Waals surface area contributed by atoms with Gasteiger partial charge in [-0.05, 0) is 41.2 Å². The number of para-hydroxylation sites is 1. The Morgan fingerprint density at radius 2 is 1.45 bits per heavy atom. The van der Waals surface area contributed by atoms with E-state index in [1.165, 1.54) is 4.90 Å². The first kappa shape index (κ1) is 33.4. The third-order valence-corrected chi connectivity index (χ3v) is 8.69. The number of amides is 2. The molecule has 1 atom stereocenters. The molecule has 0 aliphatic heterocycles. The lowest BCUT2D eigenvalue weighted by Gasteiger charge is -2.34. The van der Waals surface area contributed by atoms with E-state index in [1.54, 1.807) is 30.3 Å². The largest absolute Gasteiger partial charge is 0.354 e. The van der Waals surface area contributed by atoms with Gasteiger partial charge in [0.25, 0.3) is 0 Å². The Bertz CT molecular complexity index is 1460. The minimum atomic E-state index is -3.88. The van der Waals surface area contributed by atoms with Gasteiger partial charge in [0.15, 0.2) is 0 Å². The van der Waals surface area contributed by atoms with E-state index in [0.29, 0.717) is 27.8 Å². The summed E-state index contributed by atoms with van der Waals surface area (Å²) < 4.78 is 27.4. The highest BCUT2D eigenvalue weighted by Gasteiger charge is 2.34. The SMILES string of the molecule is CC(C)CNC(=O)C(Cc1ccccc1)N(Cc1c(Cl)cccc1Cl)C(=O)CN(c1ccccc1C(C)C)S(C)(=O)=O. The highest BCUT2D eigenvalue weighted by atomic mass is 35.5. The van der Waals surface area contributed by atoms with E-state index in [1.807, 2.05) is 70.2 Å². The van der Waals surface area contributed by atoms with Crippen molar-refractivity contribution in [3.8, 4) is 0 Å². The second kappa shape index (κ2) is 14.9. The molecule has 0 saturated heterocycles. The van der Waals surface area contributed by atoms with Crippen LogP contribution in [-0.2, 0) is 32.6 Å². The summed E-state index contributed by atoms with van der Waals surface area (Å²) in [5, 5.41) is 3.64. The van der Waals surface area contributed by atoms with Gasteiger partial charge >= 0.3 is 0 Å². The van der Waals surface area contributed by atoms with Crippen molar-refractivity contribution in [2.45, 2.75) is 52.6 Å². The zero-order valence-corrected chi connectivity index (χ0v) is 27.0. The van der Waals surface area contributed by atoms with Crippen molar-refractivity contribution in [1.82, 2.24) is 10.2 Å². The van der Waals surface area contributed by atoms with Gasteiger partial charge in [0.2, 0.25) is 21.8 Å². The van der Waals surface area contributed by atoms with Crippen molar-refractivity contribution in [1.29, 1.82) is 0 Å². The topological polar surface area (TPSA) is 86.8 Å². The number of rotatable bonds is 13. The average Bonchev–Trinajstić information content (AvgIpc) is 2.93. The van der Waals surface area contributed by atoms with E-state index < -0.39 is 28.5 Å². The van der Waals surface area contributed by atoms with E-state index in [-0.39, 0.29) is 30.7 Å². The molecular formula is C32H39Cl2N3O4S. The minimum absolute atomic E-state index is 0.00577. The van der Waals surface area contributed by atoms with Gasteiger partial charge in [-0.1, -0.05) is 105 Å². The molecule has 7 nitrogen and oxygen atoms in total. The molecule has 3 aromatic carbocycles. The van der Waals surface area contributed by atoms with Crippen LogP contribution in [0.3, 0.4) is 0 Å². The van der Waals surface area contributed by atoms with Crippen molar-refractivity contribution in [2.75, 3.05) is 23.7 Å². The van der Waals surface area contributed by atoms with Crippen LogP contribution in [-0.4, -0.2) is 50.5 Å². The molecule has 3 aromatic rings. The lowest BCUT2D eigenvalue weighted by Crippen LogP contribution is -2.53. The fourth-order valence-corrected chi connectivity index (χ4v) is 6.01. The first-order chi connectivity index (χ1) is 19.8. The minimum Gasteiger partial charge on any atom is -0.354 e. The van der Waals surface area contributed by atoms with Gasteiger partial charge in [0.1, 0.15) is 12.6 Å². The number of hydrogen-bond donors (Lipinski definition) is 1. The van der Waals surface area contributed by atoms with Crippen LogP contribution in [0.1, 0.15) is 50.3 Å². The zero-order valence-electron chi connectivity index (χ0n) is 24.7. The fraction of sp³-hybridized carbons (Fsp3) is 0.375. The number of halogens is 2. The van der Waals surface area contributed by atoms with Crippen molar-refractivity contribution in [2.24, 2.45) is 5.92 Å². The maximum Gasteiger partial charge on any atom is 0.244 e. The van der Waals surface area contributed by atoms with Crippen LogP contribution in [0.5, 0.6) is 0 Å². The Morgan fingerprint density at radius 1 is 0.857 bits per heavy atom. The normalized spacial score (nSPS) is 12.3. The third-order valence-electron chi connectivity index (χ3n) is 6.85. The Hall–Kier alpha value is -3.07. The summed E-state index contributed by atoms with van der Waals surface area (Å²) in [5.74, 6) is -0.721. The predicted octanol–water partition coefficient (Wildman–Crippen LogP) is 6.30. The third kappa shape index (κ3) is 8.96. The number of carbonyl (C=O) groups is 2. The number of benzene rings is 3. The number of carbonyl (C=O) groups excluding carboxylic acids is 2. The van der Waals surface area contributed by atoms with Crippen LogP contribution in [0.4, 0.5) is 5.69 Å². The molecule has 0 bridgehead atoms. The first-order valence-corrected chi connectivity index (χ1v) is 16.5. The quantitative estimate of drug-likeness (QED) is 0.240. The van der Waals surface area contributed by atoms with Crippen LogP contribution < -0.4 is 9.62 Å². The molecule has 226 valence electrons. The Morgan fingerprint density at radius 3 is 2.02 bits per heavy atom. The monoisotopic (exact) mass is 631 g/mol. The summed E-state index contributed by atoms with van der Waals surface area (Å²) in [6.45, 7) is 7.70. The summed E-state index contributed by atoms with van der Waals surface area (Å²) in [6.07, 6.45) is 1.28. The number of sulfonamides is 1. The van der Waals surface area contributed by atoms with Crippen LogP contribution >= 0.6 is 23.2 Å².